The zero-order chi connectivity index (χ0) is 17.2. The number of fused-ring (bicyclic) bond motifs is 1. The summed E-state index contributed by atoms with van der Waals surface area (Å²) in [6.45, 7) is 4.16. The van der Waals surface area contributed by atoms with Crippen molar-refractivity contribution in [2.75, 3.05) is 5.32 Å². The lowest BCUT2D eigenvalue weighted by Gasteiger charge is -2.11. The molecular weight excluding hydrogens is 306 g/mol. The Morgan fingerprint density at radius 2 is 1.24 bits per heavy atom. The van der Waals surface area contributed by atoms with Crippen molar-refractivity contribution in [3.05, 3.63) is 83.9 Å². The molecule has 0 saturated heterocycles. The van der Waals surface area contributed by atoms with Crippen molar-refractivity contribution in [3.63, 3.8) is 0 Å². The molecule has 0 atom stereocenters. The molecule has 0 bridgehead atoms. The van der Waals surface area contributed by atoms with Crippen molar-refractivity contribution >= 4 is 22.3 Å². The second kappa shape index (κ2) is 6.36. The monoisotopic (exact) mass is 325 g/mol. The van der Waals surface area contributed by atoms with Gasteiger partial charge in [-0.1, -0.05) is 71.8 Å². The average molecular weight is 325 g/mol. The van der Waals surface area contributed by atoms with E-state index < -0.39 is 0 Å². The number of aryl methyl sites for hydroxylation is 2. The summed E-state index contributed by atoms with van der Waals surface area (Å²) in [5.74, 6) is 0.773. The number of anilines is 2. The average Bonchev–Trinajstić information content (AvgIpc) is 2.65. The number of nitrogens with zero attached hydrogens (tertiary/aromatic N) is 2. The third-order valence-corrected chi connectivity index (χ3v) is 4.33. The summed E-state index contributed by atoms with van der Waals surface area (Å²) in [5.41, 5.74) is 5.46. The van der Waals surface area contributed by atoms with Gasteiger partial charge in [0, 0.05) is 22.0 Å². The Kier molecular flexibility index (Phi) is 3.90. The number of hydrogen-bond acceptors (Lipinski definition) is 3. The number of nitrogens with one attached hydrogen (secondary N) is 1. The van der Waals surface area contributed by atoms with E-state index in [1.54, 1.807) is 0 Å². The third-order valence-electron chi connectivity index (χ3n) is 4.33. The first-order valence-electron chi connectivity index (χ1n) is 8.37. The van der Waals surface area contributed by atoms with E-state index in [0.717, 1.165) is 33.5 Å². The van der Waals surface area contributed by atoms with Crippen molar-refractivity contribution in [2.24, 2.45) is 0 Å². The van der Waals surface area contributed by atoms with Crippen LogP contribution in [0.15, 0.2) is 72.8 Å². The summed E-state index contributed by atoms with van der Waals surface area (Å²) in [6.07, 6.45) is 0. The van der Waals surface area contributed by atoms with Crippen molar-refractivity contribution in [1.82, 2.24) is 10.2 Å². The van der Waals surface area contributed by atoms with Crippen LogP contribution in [0.4, 0.5) is 11.5 Å². The summed E-state index contributed by atoms with van der Waals surface area (Å²) in [4.78, 5) is 0. The minimum Gasteiger partial charge on any atom is -0.338 e. The summed E-state index contributed by atoms with van der Waals surface area (Å²) < 4.78 is 0. The molecule has 25 heavy (non-hydrogen) atoms. The maximum absolute atomic E-state index is 4.51. The SMILES string of the molecule is Cc1ccc(Nc2nnc(-c3ccc(C)cc3)c3ccccc23)cc1. The topological polar surface area (TPSA) is 37.8 Å². The highest BCUT2D eigenvalue weighted by Gasteiger charge is 2.11. The van der Waals surface area contributed by atoms with Crippen molar-refractivity contribution in [2.45, 2.75) is 13.8 Å². The molecule has 3 heteroatoms. The molecule has 1 N–H and O–H groups in total. The lowest BCUT2D eigenvalue weighted by atomic mass is 10.0. The van der Waals surface area contributed by atoms with E-state index >= 15 is 0 Å². The molecule has 122 valence electrons. The highest BCUT2D eigenvalue weighted by molar-refractivity contribution is 6.00. The highest BCUT2D eigenvalue weighted by atomic mass is 15.2. The van der Waals surface area contributed by atoms with E-state index in [0.29, 0.717) is 0 Å². The van der Waals surface area contributed by atoms with Crippen LogP contribution in [0.5, 0.6) is 0 Å². The first-order chi connectivity index (χ1) is 12.2. The van der Waals surface area contributed by atoms with Gasteiger partial charge in [-0.15, -0.1) is 10.2 Å². The molecule has 3 nitrogen and oxygen atoms in total. The maximum atomic E-state index is 4.51. The number of aromatic nitrogens is 2. The van der Waals surface area contributed by atoms with Crippen molar-refractivity contribution in [3.8, 4) is 11.3 Å². The van der Waals surface area contributed by atoms with Gasteiger partial charge in [0.05, 0.1) is 0 Å². The second-order valence-corrected chi connectivity index (χ2v) is 6.30. The third kappa shape index (κ3) is 3.09. The fourth-order valence-electron chi connectivity index (χ4n) is 2.89. The molecule has 0 unspecified atom stereocenters. The first kappa shape index (κ1) is 15.3. The largest absolute Gasteiger partial charge is 0.338 e. The predicted molar refractivity (Wildman–Crippen MR) is 104 cm³/mol. The molecule has 0 aliphatic heterocycles. The lowest BCUT2D eigenvalue weighted by molar-refractivity contribution is 1.06. The van der Waals surface area contributed by atoms with E-state index in [2.05, 4.69) is 90.0 Å². The molecule has 4 aromatic rings. The van der Waals surface area contributed by atoms with Crippen LogP contribution < -0.4 is 5.32 Å². The molecule has 3 aromatic carbocycles. The van der Waals surface area contributed by atoms with Crippen LogP contribution in [0.3, 0.4) is 0 Å². The highest BCUT2D eigenvalue weighted by Crippen LogP contribution is 2.31. The quantitative estimate of drug-likeness (QED) is 0.528. The molecular formula is C22H19N3. The predicted octanol–water partition coefficient (Wildman–Crippen LogP) is 5.66. The Bertz CT molecular complexity index is 1020. The smallest absolute Gasteiger partial charge is 0.161 e. The van der Waals surface area contributed by atoms with Gasteiger partial charge < -0.3 is 5.32 Å². The van der Waals surface area contributed by atoms with Gasteiger partial charge in [0.25, 0.3) is 0 Å². The van der Waals surface area contributed by atoms with Crippen LogP contribution in [0.25, 0.3) is 22.0 Å². The number of hydrogen-bond donors (Lipinski definition) is 1. The van der Waals surface area contributed by atoms with E-state index in [4.69, 9.17) is 0 Å². The molecule has 0 radical (unpaired) electrons. The van der Waals surface area contributed by atoms with Gasteiger partial charge >= 0.3 is 0 Å². The van der Waals surface area contributed by atoms with Crippen LogP contribution in [-0.2, 0) is 0 Å². The fourth-order valence-corrected chi connectivity index (χ4v) is 2.89. The van der Waals surface area contributed by atoms with Crippen LogP contribution >= 0.6 is 0 Å². The summed E-state index contributed by atoms with van der Waals surface area (Å²) in [7, 11) is 0. The Labute approximate surface area is 147 Å². The summed E-state index contributed by atoms with van der Waals surface area (Å²) >= 11 is 0. The lowest BCUT2D eigenvalue weighted by Crippen LogP contribution is -1.99. The van der Waals surface area contributed by atoms with Gasteiger partial charge in [-0.2, -0.15) is 0 Å². The van der Waals surface area contributed by atoms with Gasteiger partial charge in [-0.25, -0.2) is 0 Å². The molecule has 0 fully saturated rings. The van der Waals surface area contributed by atoms with E-state index in [1.165, 1.54) is 11.1 Å². The molecule has 0 aliphatic carbocycles. The molecule has 0 amide bonds. The molecule has 4 rings (SSSR count). The number of benzene rings is 3. The molecule has 0 saturated carbocycles. The fraction of sp³-hybridized carbons (Fsp3) is 0.0909. The first-order valence-corrected chi connectivity index (χ1v) is 8.37. The Hall–Kier alpha value is -3.20. The summed E-state index contributed by atoms with van der Waals surface area (Å²) in [6, 6.07) is 24.9. The van der Waals surface area contributed by atoms with E-state index in [1.807, 2.05) is 12.1 Å². The normalized spacial score (nSPS) is 10.8. The van der Waals surface area contributed by atoms with Gasteiger partial charge in [-0.3, -0.25) is 0 Å². The maximum Gasteiger partial charge on any atom is 0.161 e. The number of rotatable bonds is 3. The van der Waals surface area contributed by atoms with Gasteiger partial charge in [-0.05, 0) is 26.0 Å². The van der Waals surface area contributed by atoms with Crippen molar-refractivity contribution < 1.29 is 0 Å². The Morgan fingerprint density at radius 1 is 0.640 bits per heavy atom. The van der Waals surface area contributed by atoms with E-state index in [-0.39, 0.29) is 0 Å². The van der Waals surface area contributed by atoms with Gasteiger partial charge in [0.15, 0.2) is 5.82 Å². The van der Waals surface area contributed by atoms with Crippen LogP contribution in [-0.4, -0.2) is 10.2 Å². The summed E-state index contributed by atoms with van der Waals surface area (Å²) in [5, 5.41) is 14.5. The Balaban J connectivity index is 1.81. The molecule has 0 aliphatic rings. The zero-order valence-electron chi connectivity index (χ0n) is 14.3. The minimum atomic E-state index is 0.773. The Morgan fingerprint density at radius 3 is 1.92 bits per heavy atom. The standard InChI is InChI=1S/C22H19N3/c1-15-7-11-17(12-8-15)21-19-5-3-4-6-20(19)22(25-24-21)23-18-13-9-16(2)10-14-18/h3-14H,1-2H3,(H,23,25). The van der Waals surface area contributed by atoms with Gasteiger partial charge in [0.1, 0.15) is 5.69 Å². The zero-order valence-corrected chi connectivity index (χ0v) is 14.3. The van der Waals surface area contributed by atoms with Crippen LogP contribution in [0.2, 0.25) is 0 Å². The molecule has 1 aromatic heterocycles. The molecule has 1 heterocycles. The molecule has 0 spiro atoms. The van der Waals surface area contributed by atoms with Crippen LogP contribution in [0, 0.1) is 13.8 Å². The van der Waals surface area contributed by atoms with Crippen molar-refractivity contribution in [1.29, 1.82) is 0 Å². The van der Waals surface area contributed by atoms with Crippen LogP contribution in [0.1, 0.15) is 11.1 Å². The minimum absolute atomic E-state index is 0.773. The van der Waals surface area contributed by atoms with E-state index in [9.17, 15) is 0 Å². The second-order valence-electron chi connectivity index (χ2n) is 6.30. The van der Waals surface area contributed by atoms with Gasteiger partial charge in [0.2, 0.25) is 0 Å².